The number of hydrogen-bond donors (Lipinski definition) is 3. The first-order valence-corrected chi connectivity index (χ1v) is 11.2. The SMILES string of the molecule is C[C@@H](NC(=O)OCC1c2ccccc2-c2ccccc21)C(=O)NCC(CC(C)(C)C)C(=O)O. The molecule has 2 amide bonds. The number of ether oxygens (including phenoxy) is 1. The van der Waals surface area contributed by atoms with E-state index in [0.717, 1.165) is 22.3 Å². The van der Waals surface area contributed by atoms with Gasteiger partial charge in [0.2, 0.25) is 5.91 Å². The number of rotatable bonds is 8. The van der Waals surface area contributed by atoms with Crippen LogP contribution in [0.2, 0.25) is 0 Å². The van der Waals surface area contributed by atoms with Crippen molar-refractivity contribution in [1.82, 2.24) is 10.6 Å². The molecule has 1 aliphatic carbocycles. The maximum atomic E-state index is 12.4. The van der Waals surface area contributed by atoms with Crippen molar-refractivity contribution in [2.24, 2.45) is 11.3 Å². The summed E-state index contributed by atoms with van der Waals surface area (Å²) in [5, 5.41) is 14.6. The first-order chi connectivity index (χ1) is 15.6. The predicted molar refractivity (Wildman–Crippen MR) is 126 cm³/mol. The Morgan fingerprint density at radius 1 is 1.00 bits per heavy atom. The molecule has 0 spiro atoms. The van der Waals surface area contributed by atoms with Crippen molar-refractivity contribution in [1.29, 1.82) is 0 Å². The average Bonchev–Trinajstić information content (AvgIpc) is 3.07. The van der Waals surface area contributed by atoms with Crippen molar-refractivity contribution in [2.45, 2.75) is 46.1 Å². The van der Waals surface area contributed by atoms with Crippen LogP contribution in [0.4, 0.5) is 4.79 Å². The Bertz CT molecular complexity index is 982. The number of aliphatic carboxylic acids is 1. The van der Waals surface area contributed by atoms with Gasteiger partial charge in [-0.05, 0) is 41.0 Å². The third-order valence-corrected chi connectivity index (χ3v) is 5.80. The zero-order chi connectivity index (χ0) is 24.2. The van der Waals surface area contributed by atoms with Crippen LogP contribution in [-0.2, 0) is 14.3 Å². The molecule has 3 N–H and O–H groups in total. The molecule has 176 valence electrons. The summed E-state index contributed by atoms with van der Waals surface area (Å²) in [4.78, 5) is 36.2. The molecule has 2 aromatic carbocycles. The lowest BCUT2D eigenvalue weighted by molar-refractivity contribution is -0.142. The molecule has 1 aliphatic rings. The fraction of sp³-hybridized carbons (Fsp3) is 0.423. The van der Waals surface area contributed by atoms with Crippen LogP contribution in [0, 0.1) is 11.3 Å². The van der Waals surface area contributed by atoms with E-state index in [1.54, 1.807) is 0 Å². The maximum absolute atomic E-state index is 12.4. The Kier molecular flexibility index (Phi) is 7.41. The lowest BCUT2D eigenvalue weighted by Gasteiger charge is -2.24. The molecule has 0 bridgehead atoms. The second-order valence-corrected chi connectivity index (χ2v) is 9.74. The number of carboxylic acid groups (broad SMARTS) is 1. The first-order valence-electron chi connectivity index (χ1n) is 11.2. The van der Waals surface area contributed by atoms with Crippen molar-refractivity contribution < 1.29 is 24.2 Å². The highest BCUT2D eigenvalue weighted by atomic mass is 16.5. The van der Waals surface area contributed by atoms with Gasteiger partial charge in [-0.15, -0.1) is 0 Å². The van der Waals surface area contributed by atoms with Gasteiger partial charge >= 0.3 is 12.1 Å². The topological polar surface area (TPSA) is 105 Å². The standard InChI is InChI=1S/C26H32N2O5/c1-16(23(29)27-14-17(24(30)31)13-26(2,3)4)28-25(32)33-15-22-20-11-7-5-9-18(20)19-10-6-8-12-21(19)22/h5-12,16-17,22H,13-15H2,1-4H3,(H,27,29)(H,28,32)(H,30,31)/t16-,17?/m1/s1. The van der Waals surface area contributed by atoms with Gasteiger partial charge in [0.25, 0.3) is 0 Å². The minimum atomic E-state index is -0.956. The van der Waals surface area contributed by atoms with Gasteiger partial charge in [0.05, 0.1) is 5.92 Å². The van der Waals surface area contributed by atoms with Gasteiger partial charge in [-0.1, -0.05) is 69.3 Å². The quantitative estimate of drug-likeness (QED) is 0.558. The highest BCUT2D eigenvalue weighted by Crippen LogP contribution is 2.44. The molecule has 2 atom stereocenters. The number of hydrogen-bond acceptors (Lipinski definition) is 4. The molecule has 0 aliphatic heterocycles. The zero-order valence-electron chi connectivity index (χ0n) is 19.6. The van der Waals surface area contributed by atoms with E-state index in [4.69, 9.17) is 4.74 Å². The van der Waals surface area contributed by atoms with E-state index in [9.17, 15) is 19.5 Å². The number of alkyl carbamates (subject to hydrolysis) is 1. The van der Waals surface area contributed by atoms with E-state index >= 15 is 0 Å². The summed E-state index contributed by atoms with van der Waals surface area (Å²) < 4.78 is 5.47. The van der Waals surface area contributed by atoms with Gasteiger partial charge in [0, 0.05) is 12.5 Å². The summed E-state index contributed by atoms with van der Waals surface area (Å²) in [5.41, 5.74) is 4.31. The van der Waals surface area contributed by atoms with Gasteiger partial charge in [-0.2, -0.15) is 0 Å². The van der Waals surface area contributed by atoms with Gasteiger partial charge in [-0.25, -0.2) is 4.79 Å². The third kappa shape index (κ3) is 6.12. The lowest BCUT2D eigenvalue weighted by Crippen LogP contribution is -2.47. The number of amides is 2. The molecule has 7 heteroatoms. The lowest BCUT2D eigenvalue weighted by atomic mass is 9.84. The molecule has 7 nitrogen and oxygen atoms in total. The highest BCUT2D eigenvalue weighted by molar-refractivity contribution is 5.85. The molecule has 0 radical (unpaired) electrons. The molecule has 33 heavy (non-hydrogen) atoms. The van der Waals surface area contributed by atoms with Crippen LogP contribution in [0.25, 0.3) is 11.1 Å². The highest BCUT2D eigenvalue weighted by Gasteiger charge is 2.30. The van der Waals surface area contributed by atoms with E-state index in [0.29, 0.717) is 6.42 Å². The number of carboxylic acids is 1. The van der Waals surface area contributed by atoms with Gasteiger partial charge in [0.15, 0.2) is 0 Å². The van der Waals surface area contributed by atoms with Gasteiger partial charge in [0.1, 0.15) is 12.6 Å². The summed E-state index contributed by atoms with van der Waals surface area (Å²) in [6.45, 7) is 7.55. The number of carbonyl (C=O) groups is 3. The summed E-state index contributed by atoms with van der Waals surface area (Å²) in [6.07, 6.45) is -0.263. The molecule has 0 saturated carbocycles. The number of benzene rings is 2. The minimum absolute atomic E-state index is 0.00213. The Morgan fingerprint density at radius 3 is 2.06 bits per heavy atom. The van der Waals surface area contributed by atoms with Gasteiger partial charge < -0.3 is 20.5 Å². The van der Waals surface area contributed by atoms with E-state index in [2.05, 4.69) is 22.8 Å². The van der Waals surface area contributed by atoms with Crippen LogP contribution in [0.1, 0.15) is 51.2 Å². The summed E-state index contributed by atoms with van der Waals surface area (Å²) in [5.74, 6) is -2.18. The molecule has 1 unspecified atom stereocenters. The summed E-state index contributed by atoms with van der Waals surface area (Å²) in [7, 11) is 0. The largest absolute Gasteiger partial charge is 0.481 e. The average molecular weight is 453 g/mol. The first kappa shape index (κ1) is 24.3. The fourth-order valence-corrected chi connectivity index (χ4v) is 4.25. The monoisotopic (exact) mass is 452 g/mol. The van der Waals surface area contributed by atoms with Crippen LogP contribution in [0.5, 0.6) is 0 Å². The molecule has 3 rings (SSSR count). The van der Waals surface area contributed by atoms with Crippen molar-refractivity contribution in [3.63, 3.8) is 0 Å². The van der Waals surface area contributed by atoms with Crippen LogP contribution >= 0.6 is 0 Å². The van der Waals surface area contributed by atoms with Crippen LogP contribution in [0.15, 0.2) is 48.5 Å². The predicted octanol–water partition coefficient (Wildman–Crippen LogP) is 4.17. The van der Waals surface area contributed by atoms with E-state index in [1.165, 1.54) is 6.92 Å². The Hall–Kier alpha value is -3.35. The molecular formula is C26H32N2O5. The summed E-state index contributed by atoms with van der Waals surface area (Å²) in [6, 6.07) is 15.2. The number of fused-ring (bicyclic) bond motifs is 3. The van der Waals surface area contributed by atoms with Crippen LogP contribution < -0.4 is 10.6 Å². The zero-order valence-corrected chi connectivity index (χ0v) is 19.6. The van der Waals surface area contributed by atoms with E-state index < -0.39 is 29.9 Å². The Labute approximate surface area is 194 Å². The normalized spacial score (nSPS) is 14.5. The number of nitrogens with one attached hydrogen (secondary N) is 2. The van der Waals surface area contributed by atoms with Crippen molar-refractivity contribution in [2.75, 3.05) is 13.2 Å². The molecule has 0 fully saturated rings. The van der Waals surface area contributed by atoms with E-state index in [-0.39, 0.29) is 24.5 Å². The fourth-order valence-electron chi connectivity index (χ4n) is 4.25. The Balaban J connectivity index is 1.53. The molecular weight excluding hydrogens is 420 g/mol. The van der Waals surface area contributed by atoms with Crippen molar-refractivity contribution in [3.8, 4) is 11.1 Å². The summed E-state index contributed by atoms with van der Waals surface area (Å²) >= 11 is 0. The number of carbonyl (C=O) groups excluding carboxylic acids is 2. The van der Waals surface area contributed by atoms with Crippen LogP contribution in [0.3, 0.4) is 0 Å². The minimum Gasteiger partial charge on any atom is -0.481 e. The second-order valence-electron chi connectivity index (χ2n) is 9.74. The Morgan fingerprint density at radius 2 is 1.55 bits per heavy atom. The van der Waals surface area contributed by atoms with Crippen LogP contribution in [-0.4, -0.2) is 42.3 Å². The molecule has 0 saturated heterocycles. The molecule has 0 heterocycles. The molecule has 2 aromatic rings. The second kappa shape index (κ2) is 10.1. The van der Waals surface area contributed by atoms with E-state index in [1.807, 2.05) is 57.2 Å². The van der Waals surface area contributed by atoms with Gasteiger partial charge in [-0.3, -0.25) is 9.59 Å². The van der Waals surface area contributed by atoms with Crippen molar-refractivity contribution in [3.05, 3.63) is 59.7 Å². The maximum Gasteiger partial charge on any atom is 0.407 e. The smallest absolute Gasteiger partial charge is 0.407 e. The van der Waals surface area contributed by atoms with Crippen molar-refractivity contribution >= 4 is 18.0 Å². The third-order valence-electron chi connectivity index (χ3n) is 5.80. The molecule has 0 aromatic heterocycles.